The van der Waals surface area contributed by atoms with Crippen molar-refractivity contribution in [2.24, 2.45) is 22.7 Å². The lowest BCUT2D eigenvalue weighted by atomic mass is 9.44. The van der Waals surface area contributed by atoms with E-state index in [1.165, 1.54) is 11.8 Å². The van der Waals surface area contributed by atoms with Gasteiger partial charge in [0.1, 0.15) is 17.4 Å². The van der Waals surface area contributed by atoms with E-state index in [2.05, 4.69) is 75.1 Å². The normalized spacial score (nSPS) is 27.1. The molecule has 0 aromatic carbocycles. The van der Waals surface area contributed by atoms with Crippen LogP contribution in [0.15, 0.2) is 21.4 Å². The first-order valence-electron chi connectivity index (χ1n) is 18.6. The molecule has 6 atom stereocenters. The molecule has 1 heterocycles. The molecule has 6 nitrogen and oxygen atoms in total. The maximum absolute atomic E-state index is 14.1. The molecule has 0 radical (unpaired) electrons. The summed E-state index contributed by atoms with van der Waals surface area (Å²) < 4.78 is 33.2. The van der Waals surface area contributed by atoms with Crippen molar-refractivity contribution >= 4 is 45.0 Å². The molecule has 0 unspecified atom stereocenters. The number of hydrogen-bond donors (Lipinski definition) is 0. The van der Waals surface area contributed by atoms with E-state index in [9.17, 15) is 4.79 Å². The number of rotatable bonds is 14. The van der Waals surface area contributed by atoms with E-state index >= 15 is 0 Å². The quantitative estimate of drug-likeness (QED) is 0.0805. The van der Waals surface area contributed by atoms with Crippen LogP contribution >= 0.6 is 24.0 Å². The van der Waals surface area contributed by atoms with Gasteiger partial charge in [-0.3, -0.25) is 4.79 Å². The zero-order valence-electron chi connectivity index (χ0n) is 33.4. The van der Waals surface area contributed by atoms with Gasteiger partial charge in [0, 0.05) is 18.1 Å². The maximum atomic E-state index is 14.1. The van der Waals surface area contributed by atoms with E-state index in [4.69, 9.17) is 35.0 Å². The number of methoxy groups -OCH3 is 1. The molecule has 2 saturated carbocycles. The van der Waals surface area contributed by atoms with Crippen LogP contribution in [0, 0.1) is 36.5 Å². The Bertz CT molecular complexity index is 1370. The Morgan fingerprint density at radius 1 is 1.12 bits per heavy atom. The predicted molar refractivity (Wildman–Crippen MR) is 216 cm³/mol. The van der Waals surface area contributed by atoms with Crippen LogP contribution in [0.5, 0.6) is 5.95 Å². The minimum absolute atomic E-state index is 0.0942. The molecule has 0 bridgehead atoms. The van der Waals surface area contributed by atoms with Crippen molar-refractivity contribution in [3.63, 3.8) is 0 Å². The van der Waals surface area contributed by atoms with Gasteiger partial charge >= 0.3 is 0 Å². The minimum Gasteiger partial charge on any atom is -0.469 e. The molecule has 0 aliphatic heterocycles. The van der Waals surface area contributed by atoms with E-state index in [-0.39, 0.29) is 39.3 Å². The summed E-state index contributed by atoms with van der Waals surface area (Å²) >= 11 is 7.08. The van der Waals surface area contributed by atoms with Crippen LogP contribution in [0.2, 0.25) is 36.3 Å². The Kier molecular flexibility index (Phi) is 14.2. The van der Waals surface area contributed by atoms with Crippen molar-refractivity contribution in [3.8, 4) is 5.95 Å². The Labute approximate surface area is 310 Å². The van der Waals surface area contributed by atoms with Gasteiger partial charge in [-0.15, -0.1) is 0 Å². The van der Waals surface area contributed by atoms with E-state index in [1.807, 2.05) is 13.2 Å². The Balaban J connectivity index is 2.17. The number of fused-ring (bicyclic) bond motifs is 1. The highest BCUT2D eigenvalue weighted by molar-refractivity contribution is 8.22. The Morgan fingerprint density at radius 2 is 1.73 bits per heavy atom. The van der Waals surface area contributed by atoms with Crippen molar-refractivity contribution in [2.75, 3.05) is 20.0 Å². The van der Waals surface area contributed by atoms with Gasteiger partial charge in [-0.05, 0) is 124 Å². The predicted octanol–water partition coefficient (Wildman–Crippen LogP) is 11.6. The number of thioether (sulfide) groups is 1. The van der Waals surface area contributed by atoms with Gasteiger partial charge in [0.25, 0.3) is 5.95 Å². The number of ether oxygens (including phenoxy) is 2. The van der Waals surface area contributed by atoms with Crippen LogP contribution in [0.1, 0.15) is 117 Å². The van der Waals surface area contributed by atoms with Crippen LogP contribution in [0.3, 0.4) is 0 Å². The first kappa shape index (κ1) is 42.5. The fourth-order valence-electron chi connectivity index (χ4n) is 8.86. The minimum atomic E-state index is -1.90. The van der Waals surface area contributed by atoms with Crippen LogP contribution in [0.25, 0.3) is 0 Å². The molecule has 49 heavy (non-hydrogen) atoms. The Hall–Kier alpha value is -0.916. The van der Waals surface area contributed by atoms with Crippen molar-refractivity contribution < 1.29 is 22.7 Å². The molecule has 0 saturated heterocycles. The fraction of sp³-hybridized carbons (Fsp3) is 0.795. The van der Waals surface area contributed by atoms with E-state index in [1.54, 1.807) is 14.0 Å². The topological polar surface area (TPSA) is 67.1 Å². The van der Waals surface area contributed by atoms with Crippen LogP contribution in [-0.2, 0) is 13.6 Å². The van der Waals surface area contributed by atoms with Crippen LogP contribution < -0.4 is 10.2 Å². The lowest BCUT2D eigenvalue weighted by Gasteiger charge is -2.63. The van der Waals surface area contributed by atoms with Gasteiger partial charge in [-0.25, -0.2) is 0 Å². The van der Waals surface area contributed by atoms with Gasteiger partial charge in [-0.1, -0.05) is 79.3 Å². The number of thiocarbonyl (C=S) groups is 1. The van der Waals surface area contributed by atoms with Gasteiger partial charge in [0.05, 0.1) is 13.2 Å². The smallest absolute Gasteiger partial charge is 0.295 e. The summed E-state index contributed by atoms with van der Waals surface area (Å²) in [6.07, 6.45) is 7.23. The molecular formula is C39H68O6S2Si2. The molecule has 0 spiro atoms. The molecular weight excluding hydrogens is 685 g/mol. The Morgan fingerprint density at radius 3 is 2.27 bits per heavy atom. The number of hydrogen-bond acceptors (Lipinski definition) is 8. The maximum Gasteiger partial charge on any atom is 0.295 e. The molecule has 3 rings (SSSR count). The van der Waals surface area contributed by atoms with Gasteiger partial charge in [0.2, 0.25) is 4.38 Å². The molecule has 1 aromatic heterocycles. The molecule has 1 aromatic rings. The molecule has 2 aliphatic carbocycles. The highest BCUT2D eigenvalue weighted by atomic mass is 32.2. The monoisotopic (exact) mass is 752 g/mol. The van der Waals surface area contributed by atoms with Crippen LogP contribution in [-0.4, -0.2) is 47.1 Å². The lowest BCUT2D eigenvalue weighted by Crippen LogP contribution is -2.60. The SMILES string of the molecule is C=C1CC[C@H]2[C@](C)(CCCO[Si](C)(C)C(C)(C)C)[C@H](O[Si](CC)(CC)CC)CC[C@]2(C)[C@@H]1[C@H](OC(=S)SC)c1c(OC)oc(C)c(C)c1=O. The first-order valence-corrected chi connectivity index (χ1v) is 25.7. The van der Waals surface area contributed by atoms with Gasteiger partial charge in [-0.2, -0.15) is 0 Å². The highest BCUT2D eigenvalue weighted by Crippen LogP contribution is 2.66. The first-order chi connectivity index (χ1) is 22.7. The zero-order valence-corrected chi connectivity index (χ0v) is 37.0. The van der Waals surface area contributed by atoms with Crippen molar-refractivity contribution in [1.82, 2.24) is 0 Å². The van der Waals surface area contributed by atoms with Crippen molar-refractivity contribution in [1.29, 1.82) is 0 Å². The average Bonchev–Trinajstić information content (AvgIpc) is 3.04. The summed E-state index contributed by atoms with van der Waals surface area (Å²) in [6, 6.07) is 3.40. The second-order valence-electron chi connectivity index (χ2n) is 16.9. The third kappa shape index (κ3) is 8.50. The second kappa shape index (κ2) is 16.4. The standard InChI is InChI=1S/C39H68O6S2Si2/c1-16-49(17-2,18-3)45-30-22-24-39(11)29(38(30,10)23-19-25-42-48(14,15)37(7,8)9)21-20-26(4)32(39)34(44-36(46)47-13)31-33(40)27(5)28(6)43-35(31)41-12/h29-30,32,34H,4,16-25H2,1-3,5-15H3/t29-,30+,32-,34+,38-,39-/m0/s1. The second-order valence-corrected chi connectivity index (χ2v) is 27.8. The number of aryl methyl sites for hydroxylation is 1. The summed E-state index contributed by atoms with van der Waals surface area (Å²) in [5, 5.41) is 0.173. The molecule has 280 valence electrons. The summed E-state index contributed by atoms with van der Waals surface area (Å²) in [7, 11) is -2.21. The van der Waals surface area contributed by atoms with Crippen LogP contribution in [0.4, 0.5) is 0 Å². The summed E-state index contributed by atoms with van der Waals surface area (Å²) in [4.78, 5) is 14.1. The molecule has 2 aliphatic rings. The summed E-state index contributed by atoms with van der Waals surface area (Å²) in [5.74, 6) is 0.902. The van der Waals surface area contributed by atoms with E-state index in [0.29, 0.717) is 27.2 Å². The molecule has 0 N–H and O–H groups in total. The third-order valence-electron chi connectivity index (χ3n) is 13.4. The van der Waals surface area contributed by atoms with E-state index < -0.39 is 22.7 Å². The molecule has 2 fully saturated rings. The van der Waals surface area contributed by atoms with Gasteiger partial charge in [0.15, 0.2) is 22.1 Å². The zero-order chi connectivity index (χ0) is 37.2. The largest absolute Gasteiger partial charge is 0.469 e. The molecule has 0 amide bonds. The van der Waals surface area contributed by atoms with Gasteiger partial charge < -0.3 is 22.7 Å². The summed E-state index contributed by atoms with van der Waals surface area (Å²) in [6.45, 7) is 32.6. The summed E-state index contributed by atoms with van der Waals surface area (Å²) in [5.41, 5.74) is 1.64. The lowest BCUT2D eigenvalue weighted by molar-refractivity contribution is -0.147. The molecule has 10 heteroatoms. The van der Waals surface area contributed by atoms with Crippen molar-refractivity contribution in [3.05, 3.63) is 39.3 Å². The third-order valence-corrected chi connectivity index (χ3v) is 23.6. The average molecular weight is 753 g/mol. The van der Waals surface area contributed by atoms with E-state index in [0.717, 1.165) is 68.8 Å². The van der Waals surface area contributed by atoms with Crippen molar-refractivity contribution in [2.45, 2.75) is 156 Å². The fourth-order valence-corrected chi connectivity index (χ4v) is 13.2. The highest BCUT2D eigenvalue weighted by Gasteiger charge is 2.61.